The summed E-state index contributed by atoms with van der Waals surface area (Å²) >= 11 is 0. The van der Waals surface area contributed by atoms with Gasteiger partial charge in [-0.05, 0) is 36.4 Å². The van der Waals surface area contributed by atoms with E-state index in [1.54, 1.807) is 12.1 Å². The van der Waals surface area contributed by atoms with Gasteiger partial charge in [0.05, 0.1) is 12.7 Å². The van der Waals surface area contributed by atoms with E-state index in [2.05, 4.69) is 16.6 Å². The van der Waals surface area contributed by atoms with Crippen molar-refractivity contribution < 1.29 is 19.1 Å². The van der Waals surface area contributed by atoms with Crippen molar-refractivity contribution in [1.82, 2.24) is 0 Å². The Morgan fingerprint density at radius 2 is 1.62 bits per heavy atom. The third kappa shape index (κ3) is 4.22. The maximum Gasteiger partial charge on any atom is 0.390 e. The Labute approximate surface area is 122 Å². The van der Waals surface area contributed by atoms with E-state index >= 15 is 0 Å². The molecular weight excluding hydrogens is 268 g/mol. The van der Waals surface area contributed by atoms with Crippen molar-refractivity contribution in [2.24, 2.45) is 0 Å². The van der Waals surface area contributed by atoms with Crippen LogP contribution in [0.4, 0.5) is 0 Å². The summed E-state index contributed by atoms with van der Waals surface area (Å²) in [4.78, 5) is 22.8. The Balaban J connectivity index is 2.00. The van der Waals surface area contributed by atoms with Crippen LogP contribution in [0.15, 0.2) is 54.6 Å². The van der Waals surface area contributed by atoms with Crippen LogP contribution >= 0.6 is 0 Å². The Hall–Kier alpha value is -3.06. The Morgan fingerprint density at radius 1 is 0.952 bits per heavy atom. The normalized spacial score (nSPS) is 9.19. The molecule has 0 aliphatic heterocycles. The van der Waals surface area contributed by atoms with Gasteiger partial charge < -0.3 is 9.47 Å². The van der Waals surface area contributed by atoms with Crippen LogP contribution in [0.2, 0.25) is 0 Å². The van der Waals surface area contributed by atoms with Gasteiger partial charge in [-0.3, -0.25) is 0 Å². The van der Waals surface area contributed by atoms with Crippen LogP contribution in [0.1, 0.15) is 15.9 Å². The van der Waals surface area contributed by atoms with Crippen LogP contribution in [-0.4, -0.2) is 19.0 Å². The molecule has 0 saturated carbocycles. The molecule has 0 aliphatic carbocycles. The number of carbonyl (C=O) groups excluding carboxylic acids is 2. The second kappa shape index (κ2) is 6.92. The molecule has 104 valence electrons. The summed E-state index contributed by atoms with van der Waals surface area (Å²) in [6.07, 6.45) is 0. The van der Waals surface area contributed by atoms with E-state index in [9.17, 15) is 9.59 Å². The summed E-state index contributed by atoms with van der Waals surface area (Å²) in [6.45, 7) is 0. The molecule has 0 heterocycles. The van der Waals surface area contributed by atoms with Crippen molar-refractivity contribution >= 4 is 11.9 Å². The zero-order valence-corrected chi connectivity index (χ0v) is 11.3. The first-order chi connectivity index (χ1) is 10.2. The van der Waals surface area contributed by atoms with Crippen LogP contribution < -0.4 is 4.74 Å². The quantitative estimate of drug-likeness (QED) is 0.481. The number of carbonyl (C=O) groups is 2. The van der Waals surface area contributed by atoms with Crippen molar-refractivity contribution in [3.05, 3.63) is 65.7 Å². The summed E-state index contributed by atoms with van der Waals surface area (Å²) in [5.41, 5.74) is 1.11. The van der Waals surface area contributed by atoms with Gasteiger partial charge in [0.1, 0.15) is 5.75 Å². The molecule has 0 bridgehead atoms. The summed E-state index contributed by atoms with van der Waals surface area (Å²) in [5, 5.41) is 0. The molecule has 0 unspecified atom stereocenters. The van der Waals surface area contributed by atoms with E-state index in [1.165, 1.54) is 31.4 Å². The van der Waals surface area contributed by atoms with Gasteiger partial charge in [-0.1, -0.05) is 24.1 Å². The molecule has 4 heteroatoms. The zero-order chi connectivity index (χ0) is 15.1. The first-order valence-electron chi connectivity index (χ1n) is 6.16. The van der Waals surface area contributed by atoms with E-state index in [1.807, 2.05) is 18.2 Å². The molecule has 0 fully saturated rings. The predicted octanol–water partition coefficient (Wildman–Crippen LogP) is 2.43. The third-order valence-electron chi connectivity index (χ3n) is 2.57. The van der Waals surface area contributed by atoms with Gasteiger partial charge in [-0.2, -0.15) is 0 Å². The minimum Gasteiger partial charge on any atom is -0.465 e. The lowest BCUT2D eigenvalue weighted by Gasteiger charge is -2.01. The first kappa shape index (κ1) is 14.4. The first-order valence-corrected chi connectivity index (χ1v) is 6.16. The fourth-order valence-corrected chi connectivity index (χ4v) is 1.55. The fourth-order valence-electron chi connectivity index (χ4n) is 1.55. The second-order valence-electron chi connectivity index (χ2n) is 4.02. The molecule has 0 aliphatic rings. The molecule has 0 saturated heterocycles. The van der Waals surface area contributed by atoms with Crippen LogP contribution in [0.3, 0.4) is 0 Å². The molecule has 2 aromatic carbocycles. The topological polar surface area (TPSA) is 52.6 Å². The standard InChI is InChI=1S/C17H12O4/c1-20-17(19)14-8-10-15(11-9-14)21-16(18)12-7-13-5-3-2-4-6-13/h2-6,8-11H,1H3. The summed E-state index contributed by atoms with van der Waals surface area (Å²) < 4.78 is 9.62. The highest BCUT2D eigenvalue weighted by atomic mass is 16.5. The average molecular weight is 280 g/mol. The van der Waals surface area contributed by atoms with Gasteiger partial charge in [-0.15, -0.1) is 0 Å². The average Bonchev–Trinajstić information content (AvgIpc) is 2.54. The molecule has 0 atom stereocenters. The van der Waals surface area contributed by atoms with Gasteiger partial charge in [0, 0.05) is 11.5 Å². The van der Waals surface area contributed by atoms with Crippen molar-refractivity contribution in [3.63, 3.8) is 0 Å². The van der Waals surface area contributed by atoms with Gasteiger partial charge in [0.15, 0.2) is 0 Å². The lowest BCUT2D eigenvalue weighted by Crippen LogP contribution is -2.05. The Morgan fingerprint density at radius 3 is 2.24 bits per heavy atom. The van der Waals surface area contributed by atoms with Crippen LogP contribution in [-0.2, 0) is 9.53 Å². The fraction of sp³-hybridized carbons (Fsp3) is 0.0588. The van der Waals surface area contributed by atoms with Crippen LogP contribution in [0.5, 0.6) is 5.75 Å². The van der Waals surface area contributed by atoms with E-state index in [-0.39, 0.29) is 0 Å². The molecule has 0 aromatic heterocycles. The van der Waals surface area contributed by atoms with Crippen LogP contribution in [0.25, 0.3) is 0 Å². The van der Waals surface area contributed by atoms with Crippen molar-refractivity contribution in [1.29, 1.82) is 0 Å². The van der Waals surface area contributed by atoms with E-state index in [4.69, 9.17) is 4.74 Å². The Bertz CT molecular complexity index is 691. The molecule has 0 N–H and O–H groups in total. The minimum atomic E-state index is -0.662. The lowest BCUT2D eigenvalue weighted by molar-refractivity contribution is -0.128. The largest absolute Gasteiger partial charge is 0.465 e. The van der Waals surface area contributed by atoms with Crippen molar-refractivity contribution in [2.45, 2.75) is 0 Å². The maximum absolute atomic E-state index is 11.6. The number of esters is 2. The molecule has 4 nitrogen and oxygen atoms in total. The molecule has 2 rings (SSSR count). The number of hydrogen-bond donors (Lipinski definition) is 0. The number of hydrogen-bond acceptors (Lipinski definition) is 4. The molecule has 21 heavy (non-hydrogen) atoms. The Kier molecular flexibility index (Phi) is 4.73. The highest BCUT2D eigenvalue weighted by Crippen LogP contribution is 2.12. The molecule has 0 amide bonds. The van der Waals surface area contributed by atoms with E-state index < -0.39 is 11.9 Å². The molecule has 0 radical (unpaired) electrons. The summed E-state index contributed by atoms with van der Waals surface area (Å²) in [7, 11) is 1.30. The zero-order valence-electron chi connectivity index (χ0n) is 11.3. The minimum absolute atomic E-state index is 0.315. The smallest absolute Gasteiger partial charge is 0.390 e. The number of ether oxygens (including phenoxy) is 2. The lowest BCUT2D eigenvalue weighted by atomic mass is 10.2. The van der Waals surface area contributed by atoms with Gasteiger partial charge in [-0.25, -0.2) is 9.59 Å². The van der Waals surface area contributed by atoms with E-state index in [0.717, 1.165) is 5.56 Å². The highest BCUT2D eigenvalue weighted by molar-refractivity contribution is 5.91. The van der Waals surface area contributed by atoms with Gasteiger partial charge in [0.25, 0.3) is 0 Å². The maximum atomic E-state index is 11.6. The number of rotatable bonds is 2. The molecular formula is C17H12O4. The highest BCUT2D eigenvalue weighted by Gasteiger charge is 2.06. The molecule has 2 aromatic rings. The second-order valence-corrected chi connectivity index (χ2v) is 4.02. The third-order valence-corrected chi connectivity index (χ3v) is 2.57. The van der Waals surface area contributed by atoms with Crippen LogP contribution in [0, 0.1) is 11.8 Å². The predicted molar refractivity (Wildman–Crippen MR) is 76.7 cm³/mol. The summed E-state index contributed by atoms with van der Waals surface area (Å²) in [5.74, 6) is 4.30. The molecule has 0 spiro atoms. The monoisotopic (exact) mass is 280 g/mol. The number of benzene rings is 2. The summed E-state index contributed by atoms with van der Waals surface area (Å²) in [6, 6.07) is 15.2. The number of methoxy groups -OCH3 is 1. The van der Waals surface area contributed by atoms with E-state index in [0.29, 0.717) is 11.3 Å². The van der Waals surface area contributed by atoms with Gasteiger partial charge >= 0.3 is 11.9 Å². The van der Waals surface area contributed by atoms with Gasteiger partial charge in [0.2, 0.25) is 0 Å². The SMILES string of the molecule is COC(=O)c1ccc(OC(=O)C#Cc2ccccc2)cc1. The van der Waals surface area contributed by atoms with Crippen molar-refractivity contribution in [3.8, 4) is 17.6 Å². The van der Waals surface area contributed by atoms with Crippen molar-refractivity contribution in [2.75, 3.05) is 7.11 Å².